The highest BCUT2D eigenvalue weighted by Crippen LogP contribution is 2.25. The lowest BCUT2D eigenvalue weighted by atomic mass is 9.88. The Morgan fingerprint density at radius 1 is 1.20 bits per heavy atom. The Morgan fingerprint density at radius 3 is 2.35 bits per heavy atom. The summed E-state index contributed by atoms with van der Waals surface area (Å²) in [5.74, 6) is 0.223. The number of rotatable bonds is 7. The number of nitrogens with one attached hydrogen (secondary N) is 1. The fourth-order valence-electron chi connectivity index (χ4n) is 2.84. The molecule has 1 rings (SSSR count). The molecule has 0 spiro atoms. The van der Waals surface area contributed by atoms with E-state index in [9.17, 15) is 9.59 Å². The Morgan fingerprint density at radius 2 is 1.85 bits per heavy atom. The van der Waals surface area contributed by atoms with Gasteiger partial charge in [-0.05, 0) is 25.7 Å². The van der Waals surface area contributed by atoms with Crippen LogP contribution in [0.1, 0.15) is 66.7 Å². The molecule has 0 aromatic carbocycles. The normalized spacial score (nSPS) is 27.1. The van der Waals surface area contributed by atoms with Crippen molar-refractivity contribution in [2.24, 2.45) is 5.92 Å². The number of nitrogens with zero attached hydrogens (tertiary/aromatic N) is 1. The highest BCUT2D eigenvalue weighted by atomic mass is 16.2. The van der Waals surface area contributed by atoms with Crippen LogP contribution in [0, 0.1) is 5.92 Å². The van der Waals surface area contributed by atoms with Crippen LogP contribution in [0.25, 0.3) is 0 Å². The summed E-state index contributed by atoms with van der Waals surface area (Å²) >= 11 is 0. The van der Waals surface area contributed by atoms with Crippen LogP contribution in [0.2, 0.25) is 0 Å². The van der Waals surface area contributed by atoms with E-state index < -0.39 is 5.54 Å². The summed E-state index contributed by atoms with van der Waals surface area (Å²) < 4.78 is 0. The van der Waals surface area contributed by atoms with Crippen molar-refractivity contribution >= 4 is 11.8 Å². The van der Waals surface area contributed by atoms with Crippen molar-refractivity contribution in [1.82, 2.24) is 10.2 Å². The van der Waals surface area contributed by atoms with E-state index in [0.717, 1.165) is 12.8 Å². The first-order valence-electron chi connectivity index (χ1n) is 8.00. The quantitative estimate of drug-likeness (QED) is 0.730. The van der Waals surface area contributed by atoms with Gasteiger partial charge in [-0.15, -0.1) is 0 Å². The number of carbonyl (C=O) groups excluding carboxylic acids is 2. The summed E-state index contributed by atoms with van der Waals surface area (Å²) in [7, 11) is 0. The lowest BCUT2D eigenvalue weighted by Gasteiger charge is -2.45. The van der Waals surface area contributed by atoms with Crippen molar-refractivity contribution in [3.8, 4) is 0 Å². The zero-order chi connectivity index (χ0) is 15.3. The monoisotopic (exact) mass is 282 g/mol. The van der Waals surface area contributed by atoms with Crippen molar-refractivity contribution in [3.63, 3.8) is 0 Å². The van der Waals surface area contributed by atoms with E-state index in [4.69, 9.17) is 0 Å². The van der Waals surface area contributed by atoms with E-state index in [0.29, 0.717) is 13.0 Å². The molecule has 0 saturated carbocycles. The van der Waals surface area contributed by atoms with E-state index in [1.54, 1.807) is 0 Å². The lowest BCUT2D eigenvalue weighted by Crippen LogP contribution is -2.70. The molecule has 1 aliphatic rings. The second-order valence-electron chi connectivity index (χ2n) is 6.42. The molecule has 1 heterocycles. The van der Waals surface area contributed by atoms with Crippen LogP contribution in [-0.4, -0.2) is 34.8 Å². The summed E-state index contributed by atoms with van der Waals surface area (Å²) in [6.07, 6.45) is 5.10. The number of piperazine rings is 1. The lowest BCUT2D eigenvalue weighted by molar-refractivity contribution is -0.156. The summed E-state index contributed by atoms with van der Waals surface area (Å²) in [5, 5.41) is 2.93. The molecule has 2 amide bonds. The zero-order valence-electron chi connectivity index (χ0n) is 13.7. The number of hydrogen-bond acceptors (Lipinski definition) is 2. The highest BCUT2D eigenvalue weighted by Gasteiger charge is 2.47. The van der Waals surface area contributed by atoms with Crippen LogP contribution >= 0.6 is 0 Å². The van der Waals surface area contributed by atoms with Gasteiger partial charge in [-0.25, -0.2) is 0 Å². The van der Waals surface area contributed by atoms with Crippen molar-refractivity contribution in [1.29, 1.82) is 0 Å². The molecule has 4 heteroatoms. The molecule has 20 heavy (non-hydrogen) atoms. The van der Waals surface area contributed by atoms with Gasteiger partial charge in [-0.3, -0.25) is 9.59 Å². The maximum Gasteiger partial charge on any atom is 0.248 e. The highest BCUT2D eigenvalue weighted by molar-refractivity contribution is 5.99. The molecule has 1 saturated heterocycles. The molecule has 1 fully saturated rings. The van der Waals surface area contributed by atoms with Crippen LogP contribution < -0.4 is 5.32 Å². The number of carbonyl (C=O) groups is 2. The molecule has 0 aliphatic carbocycles. The van der Waals surface area contributed by atoms with Crippen LogP contribution in [0.3, 0.4) is 0 Å². The molecule has 0 aromatic rings. The third-order valence-corrected chi connectivity index (χ3v) is 4.33. The average Bonchev–Trinajstić information content (AvgIpc) is 2.39. The number of hydrogen-bond donors (Lipinski definition) is 1. The van der Waals surface area contributed by atoms with Gasteiger partial charge in [-0.1, -0.05) is 47.0 Å². The summed E-state index contributed by atoms with van der Waals surface area (Å²) in [4.78, 5) is 26.9. The minimum Gasteiger partial charge on any atom is -0.340 e. The molecule has 0 aromatic heterocycles. The van der Waals surface area contributed by atoms with Gasteiger partial charge in [0.2, 0.25) is 11.8 Å². The van der Waals surface area contributed by atoms with Gasteiger partial charge < -0.3 is 10.2 Å². The SMILES string of the molecule is CCCCCCN1C(=O)C(C)(CC)NC(=O)C1C(C)C. The Labute approximate surface area is 123 Å². The van der Waals surface area contributed by atoms with Crippen LogP contribution in [0.4, 0.5) is 0 Å². The van der Waals surface area contributed by atoms with E-state index >= 15 is 0 Å². The Balaban J connectivity index is 2.85. The number of amides is 2. The molecule has 4 nitrogen and oxygen atoms in total. The van der Waals surface area contributed by atoms with Crippen LogP contribution in [-0.2, 0) is 9.59 Å². The first kappa shape index (κ1) is 17.0. The van der Waals surface area contributed by atoms with Crippen LogP contribution in [0.15, 0.2) is 0 Å². The average molecular weight is 282 g/mol. The molecule has 1 N–H and O–H groups in total. The Kier molecular flexibility index (Phi) is 6.03. The summed E-state index contributed by atoms with van der Waals surface area (Å²) in [5.41, 5.74) is -0.729. The fourth-order valence-corrected chi connectivity index (χ4v) is 2.84. The van der Waals surface area contributed by atoms with Crippen LogP contribution in [0.5, 0.6) is 0 Å². The molecular formula is C16H30N2O2. The zero-order valence-corrected chi connectivity index (χ0v) is 13.7. The molecule has 0 bridgehead atoms. The molecular weight excluding hydrogens is 252 g/mol. The Hall–Kier alpha value is -1.06. The van der Waals surface area contributed by atoms with Crippen molar-refractivity contribution in [2.45, 2.75) is 78.3 Å². The van der Waals surface area contributed by atoms with Crippen molar-refractivity contribution in [3.05, 3.63) is 0 Å². The second-order valence-corrected chi connectivity index (χ2v) is 6.42. The maximum absolute atomic E-state index is 12.7. The van der Waals surface area contributed by atoms with Gasteiger partial charge in [0.05, 0.1) is 0 Å². The maximum atomic E-state index is 12.7. The molecule has 1 aliphatic heterocycles. The predicted molar refractivity (Wildman–Crippen MR) is 81.3 cm³/mol. The van der Waals surface area contributed by atoms with E-state index in [2.05, 4.69) is 12.2 Å². The van der Waals surface area contributed by atoms with Crippen molar-refractivity contribution < 1.29 is 9.59 Å². The minimum atomic E-state index is -0.729. The first-order chi connectivity index (χ1) is 9.37. The molecule has 116 valence electrons. The van der Waals surface area contributed by atoms with Gasteiger partial charge in [0.1, 0.15) is 11.6 Å². The van der Waals surface area contributed by atoms with Gasteiger partial charge in [0, 0.05) is 6.54 Å². The summed E-state index contributed by atoms with van der Waals surface area (Å²) in [6.45, 7) is 10.7. The standard InChI is InChI=1S/C16H30N2O2/c1-6-8-9-10-11-18-13(12(3)4)14(19)17-16(5,7-2)15(18)20/h12-13H,6-11H2,1-5H3,(H,17,19). The first-order valence-corrected chi connectivity index (χ1v) is 8.00. The summed E-state index contributed by atoms with van der Waals surface area (Å²) in [6, 6.07) is -0.316. The smallest absolute Gasteiger partial charge is 0.248 e. The third kappa shape index (κ3) is 3.53. The van der Waals surface area contributed by atoms with Gasteiger partial charge >= 0.3 is 0 Å². The molecule has 2 unspecified atom stereocenters. The van der Waals surface area contributed by atoms with E-state index in [1.165, 1.54) is 12.8 Å². The largest absolute Gasteiger partial charge is 0.340 e. The molecule has 0 radical (unpaired) electrons. The van der Waals surface area contributed by atoms with Gasteiger partial charge in [-0.2, -0.15) is 0 Å². The van der Waals surface area contributed by atoms with E-state index in [1.807, 2.05) is 32.6 Å². The minimum absolute atomic E-state index is 0.000517. The number of unbranched alkanes of at least 4 members (excludes halogenated alkanes) is 3. The van der Waals surface area contributed by atoms with Gasteiger partial charge in [0.25, 0.3) is 0 Å². The van der Waals surface area contributed by atoms with Gasteiger partial charge in [0.15, 0.2) is 0 Å². The fraction of sp³-hybridized carbons (Fsp3) is 0.875. The van der Waals surface area contributed by atoms with E-state index in [-0.39, 0.29) is 23.8 Å². The molecule has 2 atom stereocenters. The predicted octanol–water partition coefficient (Wildman–Crippen LogP) is 2.72. The second kappa shape index (κ2) is 7.09. The topological polar surface area (TPSA) is 49.4 Å². The third-order valence-electron chi connectivity index (χ3n) is 4.33. The van der Waals surface area contributed by atoms with Crippen molar-refractivity contribution in [2.75, 3.05) is 6.54 Å². The Bertz CT molecular complexity index is 354.